The summed E-state index contributed by atoms with van der Waals surface area (Å²) in [6.07, 6.45) is 5.12. The average Bonchev–Trinajstić information content (AvgIpc) is 3.29. The van der Waals surface area contributed by atoms with Gasteiger partial charge in [-0.3, -0.25) is 9.48 Å². The van der Waals surface area contributed by atoms with Crippen molar-refractivity contribution in [3.63, 3.8) is 0 Å². The van der Waals surface area contributed by atoms with E-state index in [1.165, 1.54) is 29.6 Å². The van der Waals surface area contributed by atoms with Crippen molar-refractivity contribution in [2.75, 3.05) is 45.2 Å². The van der Waals surface area contributed by atoms with Gasteiger partial charge in [0, 0.05) is 45.7 Å². The second-order valence-electron chi connectivity index (χ2n) is 9.14. The largest absolute Gasteiger partial charge is 0.480 e. The number of hydrogen-bond donors (Lipinski definition) is 3. The van der Waals surface area contributed by atoms with Crippen molar-refractivity contribution >= 4 is 17.7 Å². The fourth-order valence-electron chi connectivity index (χ4n) is 4.36. The Morgan fingerprint density at radius 3 is 2.86 bits per heavy atom. The van der Waals surface area contributed by atoms with Crippen molar-refractivity contribution in [3.8, 4) is 0 Å². The number of rotatable bonds is 15. The van der Waals surface area contributed by atoms with Gasteiger partial charge < -0.3 is 25.4 Å². The van der Waals surface area contributed by atoms with Crippen LogP contribution in [0.4, 0.5) is 10.2 Å². The minimum absolute atomic E-state index is 0.0257. The number of nitrogens with zero attached hydrogens (tertiary/aromatic N) is 4. The number of aryl methyl sites for hydroxylation is 3. The minimum atomic E-state index is -1.18. The first kappa shape index (κ1) is 27.5. The maximum Gasteiger partial charge on any atom is 0.326 e. The first-order valence-electron chi connectivity index (χ1n) is 12.5. The number of hydrogen-bond acceptors (Lipinski definition) is 7. The van der Waals surface area contributed by atoms with Crippen LogP contribution in [0.1, 0.15) is 47.4 Å². The van der Waals surface area contributed by atoms with Gasteiger partial charge in [0.25, 0.3) is 5.91 Å². The summed E-state index contributed by atoms with van der Waals surface area (Å²) < 4.78 is 20.6. The molecule has 1 aliphatic heterocycles. The van der Waals surface area contributed by atoms with Gasteiger partial charge in [0.15, 0.2) is 0 Å². The van der Waals surface area contributed by atoms with Crippen LogP contribution in [0.2, 0.25) is 0 Å². The molecule has 0 radical (unpaired) electrons. The molecular formula is C25H37FN6O4. The van der Waals surface area contributed by atoms with E-state index in [-0.39, 0.29) is 25.3 Å². The third-order valence-corrected chi connectivity index (χ3v) is 6.30. The Labute approximate surface area is 211 Å². The van der Waals surface area contributed by atoms with Crippen molar-refractivity contribution < 1.29 is 23.8 Å². The number of carboxylic acids is 1. The van der Waals surface area contributed by atoms with E-state index in [0.29, 0.717) is 13.1 Å². The fraction of sp³-hybridized carbons (Fsp3) is 0.600. The molecular weight excluding hydrogens is 467 g/mol. The molecule has 0 bridgehead atoms. The Kier molecular flexibility index (Phi) is 10.6. The number of amides is 1. The van der Waals surface area contributed by atoms with Gasteiger partial charge in [-0.2, -0.15) is 5.10 Å². The lowest BCUT2D eigenvalue weighted by molar-refractivity contribution is -0.139. The number of carbonyl (C=O) groups excluding carboxylic acids is 1. The molecule has 0 spiro atoms. The predicted molar refractivity (Wildman–Crippen MR) is 134 cm³/mol. The smallest absolute Gasteiger partial charge is 0.326 e. The molecule has 3 heterocycles. The van der Waals surface area contributed by atoms with E-state index in [4.69, 9.17) is 9.72 Å². The van der Waals surface area contributed by atoms with Gasteiger partial charge in [-0.25, -0.2) is 14.2 Å². The lowest BCUT2D eigenvalue weighted by atomic mass is 10.1. The second kappa shape index (κ2) is 13.9. The van der Waals surface area contributed by atoms with E-state index in [1.807, 2.05) is 4.90 Å². The number of methoxy groups -OCH3 is 1. The summed E-state index contributed by atoms with van der Waals surface area (Å²) in [5, 5.41) is 19.5. The topological polar surface area (TPSA) is 122 Å². The van der Waals surface area contributed by atoms with Gasteiger partial charge in [0.2, 0.25) is 0 Å². The standard InChI is InChI=1S/C25H37FN6O4/c1-31-22(10-13-28-31)24(33)30-21(25(34)35)11-15-32(16-19(26)17-36-2)14-4-3-7-20-9-8-18-6-5-12-27-23(18)29-20/h8-10,13,19,21H,3-7,11-12,14-17H2,1-2H3,(H,27,29)(H,30,33)(H,34,35)/t19-,21-/m0/s1. The maximum absolute atomic E-state index is 14.3. The van der Waals surface area contributed by atoms with Crippen molar-refractivity contribution in [1.29, 1.82) is 0 Å². The highest BCUT2D eigenvalue weighted by Crippen LogP contribution is 2.20. The molecule has 198 valence electrons. The maximum atomic E-state index is 14.3. The summed E-state index contributed by atoms with van der Waals surface area (Å²) in [6.45, 7) is 1.99. The van der Waals surface area contributed by atoms with Crippen LogP contribution in [0.3, 0.4) is 0 Å². The number of nitrogens with one attached hydrogen (secondary N) is 2. The third-order valence-electron chi connectivity index (χ3n) is 6.30. The molecule has 3 rings (SSSR count). The normalized spacial score (nSPS) is 14.7. The highest BCUT2D eigenvalue weighted by Gasteiger charge is 2.24. The van der Waals surface area contributed by atoms with Crippen LogP contribution in [-0.4, -0.2) is 88.8 Å². The zero-order chi connectivity index (χ0) is 25.9. The van der Waals surface area contributed by atoms with Crippen LogP contribution >= 0.6 is 0 Å². The molecule has 0 aliphatic carbocycles. The van der Waals surface area contributed by atoms with Gasteiger partial charge >= 0.3 is 5.97 Å². The predicted octanol–water partition coefficient (Wildman–Crippen LogP) is 2.06. The number of alkyl halides is 1. The molecule has 2 aromatic heterocycles. The number of aromatic nitrogens is 3. The number of unbranched alkanes of at least 4 members (excludes halogenated alkanes) is 1. The van der Waals surface area contributed by atoms with E-state index >= 15 is 0 Å². The first-order chi connectivity index (χ1) is 17.4. The zero-order valence-corrected chi connectivity index (χ0v) is 21.1. The molecule has 1 amide bonds. The lowest BCUT2D eigenvalue weighted by Gasteiger charge is -2.25. The summed E-state index contributed by atoms with van der Waals surface area (Å²) in [5.41, 5.74) is 2.56. The number of carboxylic acid groups (broad SMARTS) is 1. The minimum Gasteiger partial charge on any atom is -0.480 e. The molecule has 3 N–H and O–H groups in total. The van der Waals surface area contributed by atoms with Crippen molar-refractivity contribution in [1.82, 2.24) is 25.0 Å². The Morgan fingerprint density at radius 2 is 2.14 bits per heavy atom. The van der Waals surface area contributed by atoms with Gasteiger partial charge in [0.1, 0.15) is 23.7 Å². The Morgan fingerprint density at radius 1 is 1.31 bits per heavy atom. The van der Waals surface area contributed by atoms with Crippen LogP contribution < -0.4 is 10.6 Å². The van der Waals surface area contributed by atoms with Crippen molar-refractivity contribution in [3.05, 3.63) is 41.3 Å². The van der Waals surface area contributed by atoms with Gasteiger partial charge in [0.05, 0.1) is 6.61 Å². The quantitative estimate of drug-likeness (QED) is 0.315. The van der Waals surface area contributed by atoms with Crippen LogP contribution in [0.15, 0.2) is 24.4 Å². The molecule has 1 aliphatic rings. The van der Waals surface area contributed by atoms with Gasteiger partial charge in [-0.05, 0) is 62.8 Å². The fourth-order valence-corrected chi connectivity index (χ4v) is 4.36. The second-order valence-corrected chi connectivity index (χ2v) is 9.14. The first-order valence-corrected chi connectivity index (χ1v) is 12.5. The summed E-state index contributed by atoms with van der Waals surface area (Å²) in [4.78, 5) is 30.9. The molecule has 36 heavy (non-hydrogen) atoms. The van der Waals surface area contributed by atoms with Crippen molar-refractivity contribution in [2.45, 2.75) is 50.7 Å². The average molecular weight is 505 g/mol. The number of aliphatic carboxylic acids is 1. The van der Waals surface area contributed by atoms with Crippen LogP contribution in [0.5, 0.6) is 0 Å². The lowest BCUT2D eigenvalue weighted by Crippen LogP contribution is -2.44. The molecule has 2 atom stereocenters. The van der Waals surface area contributed by atoms with E-state index in [1.54, 1.807) is 7.05 Å². The summed E-state index contributed by atoms with van der Waals surface area (Å²) in [7, 11) is 3.06. The monoisotopic (exact) mass is 504 g/mol. The summed E-state index contributed by atoms with van der Waals surface area (Å²) in [5.74, 6) is -0.664. The molecule has 0 unspecified atom stereocenters. The third kappa shape index (κ3) is 8.27. The van der Waals surface area contributed by atoms with E-state index in [0.717, 1.165) is 50.2 Å². The highest BCUT2D eigenvalue weighted by atomic mass is 19.1. The Hall–Kier alpha value is -3.05. The van der Waals surface area contributed by atoms with Crippen LogP contribution in [0.25, 0.3) is 0 Å². The number of fused-ring (bicyclic) bond motifs is 1. The molecule has 0 aromatic carbocycles. The van der Waals surface area contributed by atoms with Crippen molar-refractivity contribution in [2.24, 2.45) is 7.05 Å². The van der Waals surface area contributed by atoms with Gasteiger partial charge in [-0.1, -0.05) is 6.07 Å². The zero-order valence-electron chi connectivity index (χ0n) is 21.1. The molecule has 0 saturated carbocycles. The molecule has 0 saturated heterocycles. The number of carbonyl (C=O) groups is 2. The van der Waals surface area contributed by atoms with E-state index in [9.17, 15) is 19.1 Å². The Balaban J connectivity index is 1.51. The molecule has 11 heteroatoms. The molecule has 0 fully saturated rings. The SMILES string of the molecule is COC[C@@H](F)CN(CCCCc1ccc2c(n1)NCCC2)CC[C@H](NC(=O)c1ccnn1C)C(=O)O. The van der Waals surface area contributed by atoms with E-state index < -0.39 is 24.1 Å². The Bertz CT molecular complexity index is 1000. The molecule has 10 nitrogen and oxygen atoms in total. The number of halogens is 1. The number of anilines is 1. The van der Waals surface area contributed by atoms with Crippen LogP contribution in [0, 0.1) is 0 Å². The highest BCUT2D eigenvalue weighted by molar-refractivity contribution is 5.95. The summed E-state index contributed by atoms with van der Waals surface area (Å²) >= 11 is 0. The summed E-state index contributed by atoms with van der Waals surface area (Å²) in [6, 6.07) is 4.64. The van der Waals surface area contributed by atoms with Crippen LogP contribution in [-0.2, 0) is 29.4 Å². The van der Waals surface area contributed by atoms with E-state index in [2.05, 4.69) is 27.9 Å². The number of pyridine rings is 1. The molecule has 2 aromatic rings. The van der Waals surface area contributed by atoms with Gasteiger partial charge in [-0.15, -0.1) is 0 Å². The number of ether oxygens (including phenoxy) is 1.